The monoisotopic (exact) mass is 334 g/mol. The van der Waals surface area contributed by atoms with Crippen LogP contribution in [0.3, 0.4) is 0 Å². The van der Waals surface area contributed by atoms with Gasteiger partial charge in [-0.3, -0.25) is 4.79 Å². The minimum atomic E-state index is 0.109. The molecule has 1 aromatic rings. The van der Waals surface area contributed by atoms with Crippen LogP contribution in [0.2, 0.25) is 0 Å². The van der Waals surface area contributed by atoms with E-state index in [-0.39, 0.29) is 5.91 Å². The van der Waals surface area contributed by atoms with E-state index in [4.69, 9.17) is 14.7 Å². The van der Waals surface area contributed by atoms with Gasteiger partial charge in [-0.25, -0.2) is 4.98 Å². The van der Waals surface area contributed by atoms with Crippen LogP contribution in [-0.2, 0) is 22.4 Å². The summed E-state index contributed by atoms with van der Waals surface area (Å²) in [6, 6.07) is 0. The Morgan fingerprint density at radius 2 is 2.04 bits per heavy atom. The molecule has 1 amide bonds. The van der Waals surface area contributed by atoms with Crippen molar-refractivity contribution in [3.63, 3.8) is 0 Å². The Balaban J connectivity index is 1.89. The molecule has 2 aliphatic rings. The highest BCUT2D eigenvalue weighted by Gasteiger charge is 2.22. The van der Waals surface area contributed by atoms with Gasteiger partial charge >= 0.3 is 0 Å². The number of anilines is 2. The molecule has 132 valence electrons. The molecule has 0 atom stereocenters. The number of nitrogens with one attached hydrogen (secondary N) is 3. The minimum absolute atomic E-state index is 0.109. The zero-order chi connectivity index (χ0) is 16.8. The molecule has 0 spiro atoms. The van der Waals surface area contributed by atoms with Crippen molar-refractivity contribution in [1.29, 1.82) is 0 Å². The van der Waals surface area contributed by atoms with Gasteiger partial charge < -0.3 is 25.6 Å². The Morgan fingerprint density at radius 1 is 1.17 bits per heavy atom. The van der Waals surface area contributed by atoms with Crippen LogP contribution < -0.4 is 20.9 Å². The number of hydrogen-bond acceptors (Lipinski definition) is 7. The Morgan fingerprint density at radius 3 is 2.92 bits per heavy atom. The second-order valence-corrected chi connectivity index (χ2v) is 6.05. The second-order valence-electron chi connectivity index (χ2n) is 6.05. The molecule has 8 nitrogen and oxygen atoms in total. The fourth-order valence-corrected chi connectivity index (χ4v) is 3.11. The summed E-state index contributed by atoms with van der Waals surface area (Å²) in [6.45, 7) is 5.28. The number of carbonyl (C=O) groups excluding carboxylic acids is 1. The summed E-state index contributed by atoms with van der Waals surface area (Å²) >= 11 is 0. The number of amides is 1. The van der Waals surface area contributed by atoms with E-state index >= 15 is 0 Å². The maximum atomic E-state index is 11.6. The summed E-state index contributed by atoms with van der Waals surface area (Å²) in [5, 5.41) is 9.59. The quantitative estimate of drug-likeness (QED) is 0.628. The van der Waals surface area contributed by atoms with Crippen LogP contribution in [0.1, 0.15) is 17.7 Å². The Bertz CT molecular complexity index is 580. The first-order valence-corrected chi connectivity index (χ1v) is 8.63. The first-order chi connectivity index (χ1) is 11.8. The molecule has 0 radical (unpaired) electrons. The largest absolute Gasteiger partial charge is 0.383 e. The van der Waals surface area contributed by atoms with Gasteiger partial charge in [0.05, 0.1) is 12.3 Å². The number of hydrogen-bond donors (Lipinski definition) is 3. The van der Waals surface area contributed by atoms with Crippen LogP contribution in [0.4, 0.5) is 11.8 Å². The van der Waals surface area contributed by atoms with Gasteiger partial charge in [0.1, 0.15) is 5.82 Å². The molecule has 0 bridgehead atoms. The standard InChI is InChI=1S/C16H26N6O2/c1-24-11-8-19-16-20-13-3-6-17-5-2-12(13)15(21-16)22-9-4-14(23)18-7-10-22/h17H,2-11H2,1H3,(H,18,23)(H,19,20,21). The summed E-state index contributed by atoms with van der Waals surface area (Å²) in [5.41, 5.74) is 2.32. The van der Waals surface area contributed by atoms with Crippen molar-refractivity contribution in [2.75, 3.05) is 63.2 Å². The van der Waals surface area contributed by atoms with Crippen molar-refractivity contribution in [3.8, 4) is 0 Å². The van der Waals surface area contributed by atoms with Crippen molar-refractivity contribution in [2.24, 2.45) is 0 Å². The van der Waals surface area contributed by atoms with Gasteiger partial charge in [0.2, 0.25) is 11.9 Å². The molecule has 2 aliphatic heterocycles. The molecule has 24 heavy (non-hydrogen) atoms. The van der Waals surface area contributed by atoms with E-state index in [1.165, 1.54) is 5.56 Å². The smallest absolute Gasteiger partial charge is 0.224 e. The lowest BCUT2D eigenvalue weighted by Gasteiger charge is -2.25. The Kier molecular flexibility index (Phi) is 5.81. The van der Waals surface area contributed by atoms with Crippen LogP contribution in [0.15, 0.2) is 0 Å². The number of aromatic nitrogens is 2. The summed E-state index contributed by atoms with van der Waals surface area (Å²) in [7, 11) is 1.68. The third-order valence-electron chi connectivity index (χ3n) is 4.36. The molecule has 0 aromatic carbocycles. The van der Waals surface area contributed by atoms with E-state index in [0.29, 0.717) is 38.6 Å². The number of fused-ring (bicyclic) bond motifs is 1. The van der Waals surface area contributed by atoms with E-state index in [0.717, 1.165) is 44.0 Å². The molecule has 0 unspecified atom stereocenters. The Labute approximate surface area is 142 Å². The van der Waals surface area contributed by atoms with Crippen LogP contribution in [0.25, 0.3) is 0 Å². The van der Waals surface area contributed by atoms with Crippen molar-refractivity contribution >= 4 is 17.7 Å². The first-order valence-electron chi connectivity index (χ1n) is 8.63. The highest BCUT2D eigenvalue weighted by molar-refractivity contribution is 5.77. The van der Waals surface area contributed by atoms with Gasteiger partial charge in [-0.1, -0.05) is 0 Å². The number of methoxy groups -OCH3 is 1. The fraction of sp³-hybridized carbons (Fsp3) is 0.688. The van der Waals surface area contributed by atoms with Crippen molar-refractivity contribution in [2.45, 2.75) is 19.3 Å². The van der Waals surface area contributed by atoms with Gasteiger partial charge in [-0.05, 0) is 13.0 Å². The van der Waals surface area contributed by atoms with E-state index < -0.39 is 0 Å². The summed E-state index contributed by atoms with van der Waals surface area (Å²) in [6.07, 6.45) is 2.32. The normalized spacial score (nSPS) is 18.4. The topological polar surface area (TPSA) is 91.4 Å². The minimum Gasteiger partial charge on any atom is -0.383 e. The van der Waals surface area contributed by atoms with Gasteiger partial charge in [0.15, 0.2) is 0 Å². The Hall–Kier alpha value is -1.93. The summed E-state index contributed by atoms with van der Waals surface area (Å²) < 4.78 is 5.09. The lowest BCUT2D eigenvalue weighted by Crippen LogP contribution is -2.31. The van der Waals surface area contributed by atoms with E-state index in [9.17, 15) is 4.79 Å². The third kappa shape index (κ3) is 4.12. The average molecular weight is 334 g/mol. The molecule has 0 saturated carbocycles. The van der Waals surface area contributed by atoms with Crippen LogP contribution in [0, 0.1) is 0 Å². The molecule has 8 heteroatoms. The second kappa shape index (κ2) is 8.25. The van der Waals surface area contributed by atoms with Crippen molar-refractivity contribution < 1.29 is 9.53 Å². The van der Waals surface area contributed by atoms with Crippen molar-refractivity contribution in [3.05, 3.63) is 11.3 Å². The van der Waals surface area contributed by atoms with Gasteiger partial charge in [-0.15, -0.1) is 0 Å². The van der Waals surface area contributed by atoms with Gasteiger partial charge in [0.25, 0.3) is 0 Å². The number of rotatable bonds is 5. The van der Waals surface area contributed by atoms with Crippen LogP contribution >= 0.6 is 0 Å². The maximum Gasteiger partial charge on any atom is 0.224 e. The third-order valence-corrected chi connectivity index (χ3v) is 4.36. The van der Waals surface area contributed by atoms with Gasteiger partial charge in [-0.2, -0.15) is 4.98 Å². The first kappa shape index (κ1) is 16.9. The summed E-state index contributed by atoms with van der Waals surface area (Å²) in [4.78, 5) is 23.3. The van der Waals surface area contributed by atoms with Crippen LogP contribution in [0.5, 0.6) is 0 Å². The highest BCUT2D eigenvalue weighted by atomic mass is 16.5. The summed E-state index contributed by atoms with van der Waals surface area (Å²) in [5.74, 6) is 1.73. The van der Waals surface area contributed by atoms with E-state index in [1.807, 2.05) is 0 Å². The molecule has 1 aromatic heterocycles. The predicted octanol–water partition coefficient (Wildman–Crippen LogP) is -0.451. The highest BCUT2D eigenvalue weighted by Crippen LogP contribution is 2.25. The van der Waals surface area contributed by atoms with Crippen molar-refractivity contribution in [1.82, 2.24) is 20.6 Å². The van der Waals surface area contributed by atoms with E-state index in [1.54, 1.807) is 7.11 Å². The molecule has 1 saturated heterocycles. The average Bonchev–Trinajstić information content (AvgIpc) is 2.94. The zero-order valence-corrected chi connectivity index (χ0v) is 14.2. The zero-order valence-electron chi connectivity index (χ0n) is 14.2. The predicted molar refractivity (Wildman–Crippen MR) is 92.5 cm³/mol. The molecule has 3 heterocycles. The number of nitrogens with zero attached hydrogens (tertiary/aromatic N) is 3. The molecular formula is C16H26N6O2. The maximum absolute atomic E-state index is 11.6. The molecule has 3 rings (SSSR count). The van der Waals surface area contributed by atoms with E-state index in [2.05, 4.69) is 20.9 Å². The molecular weight excluding hydrogens is 308 g/mol. The molecule has 0 aliphatic carbocycles. The number of carbonyl (C=O) groups is 1. The lowest BCUT2D eigenvalue weighted by atomic mass is 10.1. The van der Waals surface area contributed by atoms with Gasteiger partial charge in [0, 0.05) is 58.2 Å². The lowest BCUT2D eigenvalue weighted by molar-refractivity contribution is -0.120. The molecule has 3 N–H and O–H groups in total. The van der Waals surface area contributed by atoms with Crippen LogP contribution in [-0.4, -0.2) is 68.9 Å². The fourth-order valence-electron chi connectivity index (χ4n) is 3.11. The SMILES string of the molecule is COCCNc1nc2c(c(N3CCNC(=O)CC3)n1)CCNCC2. The molecule has 1 fully saturated rings. The number of ether oxygens (including phenoxy) is 1.